The molecule has 1 unspecified atom stereocenters. The van der Waals surface area contributed by atoms with E-state index >= 15 is 0 Å². The molecule has 1 aliphatic heterocycles. The maximum Gasteiger partial charge on any atom is 0.341 e. The summed E-state index contributed by atoms with van der Waals surface area (Å²) in [5, 5.41) is 8.83. The zero-order valence-corrected chi connectivity index (χ0v) is 23.1. The van der Waals surface area contributed by atoms with Crippen LogP contribution in [0.15, 0.2) is 94.2 Å². The van der Waals surface area contributed by atoms with Crippen LogP contribution in [0.4, 0.5) is 0 Å². The van der Waals surface area contributed by atoms with Gasteiger partial charge in [0.1, 0.15) is 11.5 Å². The Labute approximate surface area is 238 Å². The van der Waals surface area contributed by atoms with Gasteiger partial charge in [-0.3, -0.25) is 9.36 Å². The van der Waals surface area contributed by atoms with E-state index in [9.17, 15) is 14.4 Å². The molecule has 1 atom stereocenters. The molecule has 1 aromatic heterocycles. The quantitative estimate of drug-likeness (QED) is 0.307. The van der Waals surface area contributed by atoms with E-state index in [0.717, 1.165) is 5.56 Å². The second kappa shape index (κ2) is 12.1. The van der Waals surface area contributed by atoms with Crippen LogP contribution in [0.2, 0.25) is 0 Å². The van der Waals surface area contributed by atoms with Gasteiger partial charge in [0.2, 0.25) is 0 Å². The average molecular weight is 571 g/mol. The molecule has 0 fully saturated rings. The predicted octanol–water partition coefficient (Wildman–Crippen LogP) is 3.41. The van der Waals surface area contributed by atoms with E-state index in [1.807, 2.05) is 42.5 Å². The van der Waals surface area contributed by atoms with Gasteiger partial charge >= 0.3 is 11.9 Å². The minimum Gasteiger partial charge on any atom is -0.497 e. The third-order valence-electron chi connectivity index (χ3n) is 6.32. The summed E-state index contributed by atoms with van der Waals surface area (Å²) < 4.78 is 18.1. The Morgan fingerprint density at radius 3 is 2.46 bits per heavy atom. The number of rotatable bonds is 9. The van der Waals surface area contributed by atoms with Gasteiger partial charge < -0.3 is 19.3 Å². The van der Waals surface area contributed by atoms with Gasteiger partial charge in [0.25, 0.3) is 5.56 Å². The van der Waals surface area contributed by atoms with E-state index < -0.39 is 24.6 Å². The molecule has 0 saturated carbocycles. The molecular weight excluding hydrogens is 544 g/mol. The first-order chi connectivity index (χ1) is 19.9. The summed E-state index contributed by atoms with van der Waals surface area (Å²) in [5.41, 5.74) is 2.47. The lowest BCUT2D eigenvalue weighted by molar-refractivity contribution is -0.140. The normalized spacial score (nSPS) is 14.7. The summed E-state index contributed by atoms with van der Waals surface area (Å²) in [5.74, 6) is -0.654. The highest BCUT2D eigenvalue weighted by atomic mass is 32.1. The monoisotopic (exact) mass is 570 g/mol. The molecule has 41 heavy (non-hydrogen) atoms. The van der Waals surface area contributed by atoms with Gasteiger partial charge in [0.05, 0.1) is 35.6 Å². The number of fused-ring (bicyclic) bond motifs is 1. The topological polar surface area (TPSA) is 116 Å². The number of thiazole rings is 1. The number of esters is 1. The first kappa shape index (κ1) is 27.6. The molecule has 2 heterocycles. The lowest BCUT2D eigenvalue weighted by atomic mass is 9.93. The fourth-order valence-electron chi connectivity index (χ4n) is 4.52. The standard InChI is InChI=1S/C31H26N2O7S/c1-3-39-30(37)26-27(20-8-5-4-6-9-20)32-31-33(28(26)21-10-7-11-23(17-21)38-2)29(36)24(41-31)16-19-12-14-22(15-13-19)40-18-25(34)35/h4-17,28H,3,18H2,1-2H3,(H,34,35)/b24-16+. The van der Waals surface area contributed by atoms with Gasteiger partial charge in [-0.05, 0) is 48.4 Å². The van der Waals surface area contributed by atoms with E-state index in [1.165, 1.54) is 15.9 Å². The molecule has 0 amide bonds. The van der Waals surface area contributed by atoms with Crippen molar-refractivity contribution in [3.63, 3.8) is 0 Å². The molecule has 10 heteroatoms. The molecule has 1 N–H and O–H groups in total. The molecule has 1 aliphatic rings. The summed E-state index contributed by atoms with van der Waals surface area (Å²) in [6.07, 6.45) is 1.73. The van der Waals surface area contributed by atoms with Crippen molar-refractivity contribution >= 4 is 35.0 Å². The van der Waals surface area contributed by atoms with Gasteiger partial charge in [0, 0.05) is 5.56 Å². The van der Waals surface area contributed by atoms with Crippen LogP contribution < -0.4 is 24.4 Å². The van der Waals surface area contributed by atoms with E-state index in [2.05, 4.69) is 0 Å². The second-order valence-electron chi connectivity index (χ2n) is 8.96. The Bertz CT molecular complexity index is 1810. The number of aromatic nitrogens is 1. The summed E-state index contributed by atoms with van der Waals surface area (Å²) in [7, 11) is 1.56. The number of carbonyl (C=O) groups excluding carboxylic acids is 1. The van der Waals surface area contributed by atoms with Crippen molar-refractivity contribution in [1.82, 2.24) is 4.57 Å². The fraction of sp³-hybridized carbons (Fsp3) is 0.161. The number of carboxylic acids is 1. The molecule has 0 bridgehead atoms. The van der Waals surface area contributed by atoms with Crippen LogP contribution in [0.3, 0.4) is 0 Å². The minimum absolute atomic E-state index is 0.159. The number of hydrogen-bond acceptors (Lipinski definition) is 8. The molecule has 3 aromatic carbocycles. The highest BCUT2D eigenvalue weighted by Gasteiger charge is 2.35. The van der Waals surface area contributed by atoms with E-state index in [4.69, 9.17) is 24.3 Å². The van der Waals surface area contributed by atoms with Gasteiger partial charge in [0.15, 0.2) is 11.4 Å². The zero-order valence-electron chi connectivity index (χ0n) is 22.3. The van der Waals surface area contributed by atoms with Crippen molar-refractivity contribution in [2.45, 2.75) is 13.0 Å². The van der Waals surface area contributed by atoms with Gasteiger partial charge in [-0.25, -0.2) is 14.6 Å². The van der Waals surface area contributed by atoms with Gasteiger partial charge in [-0.2, -0.15) is 0 Å². The van der Waals surface area contributed by atoms with Crippen molar-refractivity contribution in [3.8, 4) is 11.5 Å². The summed E-state index contributed by atoms with van der Waals surface area (Å²) >= 11 is 1.21. The van der Waals surface area contributed by atoms with Gasteiger partial charge in [-0.15, -0.1) is 0 Å². The van der Waals surface area contributed by atoms with Crippen molar-refractivity contribution in [1.29, 1.82) is 0 Å². The fourth-order valence-corrected chi connectivity index (χ4v) is 5.53. The Balaban J connectivity index is 1.72. The summed E-state index contributed by atoms with van der Waals surface area (Å²) in [4.78, 5) is 43.5. The summed E-state index contributed by atoms with van der Waals surface area (Å²) in [6.45, 7) is 1.44. The van der Waals surface area contributed by atoms with E-state index in [1.54, 1.807) is 56.5 Å². The van der Waals surface area contributed by atoms with Crippen LogP contribution in [0.25, 0.3) is 11.8 Å². The molecule has 4 aromatic rings. The number of hydrogen-bond donors (Lipinski definition) is 1. The Hall–Kier alpha value is -4.96. The Morgan fingerprint density at radius 2 is 1.78 bits per heavy atom. The van der Waals surface area contributed by atoms with Crippen LogP contribution in [-0.4, -0.2) is 41.9 Å². The molecule has 5 rings (SSSR count). The Morgan fingerprint density at radius 1 is 1.02 bits per heavy atom. The van der Waals surface area contributed by atoms with Crippen LogP contribution in [0.1, 0.15) is 29.7 Å². The van der Waals surface area contributed by atoms with Crippen molar-refractivity contribution in [2.75, 3.05) is 20.3 Å². The average Bonchev–Trinajstić information content (AvgIpc) is 3.30. The maximum absolute atomic E-state index is 14.0. The first-order valence-corrected chi connectivity index (χ1v) is 13.6. The second-order valence-corrected chi connectivity index (χ2v) is 9.97. The van der Waals surface area contributed by atoms with E-state index in [-0.39, 0.29) is 17.7 Å². The number of ether oxygens (including phenoxy) is 3. The number of benzene rings is 3. The Kier molecular flexibility index (Phi) is 8.11. The van der Waals surface area contributed by atoms with Crippen LogP contribution in [-0.2, 0) is 14.3 Å². The number of aliphatic carboxylic acids is 1. The van der Waals surface area contributed by atoms with Crippen molar-refractivity contribution in [2.24, 2.45) is 4.99 Å². The van der Waals surface area contributed by atoms with Crippen LogP contribution in [0, 0.1) is 0 Å². The molecule has 9 nitrogen and oxygen atoms in total. The van der Waals surface area contributed by atoms with Gasteiger partial charge in [-0.1, -0.05) is 65.9 Å². The number of nitrogens with zero attached hydrogens (tertiary/aromatic N) is 2. The van der Waals surface area contributed by atoms with Crippen molar-refractivity contribution < 1.29 is 28.9 Å². The number of carbonyl (C=O) groups is 2. The smallest absolute Gasteiger partial charge is 0.341 e. The van der Waals surface area contributed by atoms with Crippen LogP contribution in [0.5, 0.6) is 11.5 Å². The predicted molar refractivity (Wildman–Crippen MR) is 154 cm³/mol. The highest BCUT2D eigenvalue weighted by Crippen LogP contribution is 2.36. The summed E-state index contributed by atoms with van der Waals surface area (Å²) in [6, 6.07) is 22.5. The molecule has 0 aliphatic carbocycles. The van der Waals surface area contributed by atoms with Crippen molar-refractivity contribution in [3.05, 3.63) is 121 Å². The first-order valence-electron chi connectivity index (χ1n) is 12.8. The maximum atomic E-state index is 14.0. The number of carboxylic acid groups (broad SMARTS) is 1. The number of methoxy groups -OCH3 is 1. The van der Waals surface area contributed by atoms with Crippen LogP contribution >= 0.6 is 11.3 Å². The molecular formula is C31H26N2O7S. The molecule has 208 valence electrons. The zero-order chi connectivity index (χ0) is 28.9. The SMILES string of the molecule is CCOC(=O)C1=C(c2ccccc2)N=c2s/c(=C/c3ccc(OCC(=O)O)cc3)c(=O)n2C1c1cccc(OC)c1. The lowest BCUT2D eigenvalue weighted by Gasteiger charge is -2.26. The molecule has 0 saturated heterocycles. The van der Waals surface area contributed by atoms with E-state index in [0.29, 0.717) is 37.7 Å². The highest BCUT2D eigenvalue weighted by molar-refractivity contribution is 7.07. The third kappa shape index (κ3) is 5.82. The largest absolute Gasteiger partial charge is 0.497 e. The molecule has 0 spiro atoms. The lowest BCUT2D eigenvalue weighted by Crippen LogP contribution is -2.40. The third-order valence-corrected chi connectivity index (χ3v) is 7.31. The minimum atomic E-state index is -1.07. The molecule has 0 radical (unpaired) electrons.